The van der Waals surface area contributed by atoms with Crippen LogP contribution in [0, 0.1) is 6.92 Å². The number of hydrogen-bond acceptors (Lipinski definition) is 5. The maximum atomic E-state index is 13.2. The normalized spacial score (nSPS) is 19.6. The SMILES string of the molecule is Cc1cc(CN2CCCN(S(=O)(=O)c3ccc4c(c3)CCCC4)CC2)no1. The molecule has 1 aliphatic carbocycles. The molecular formula is C20H27N3O3S. The molecule has 2 aliphatic rings. The van der Waals surface area contributed by atoms with E-state index in [-0.39, 0.29) is 0 Å². The number of aromatic nitrogens is 1. The Labute approximate surface area is 161 Å². The molecule has 4 rings (SSSR count). The molecule has 0 saturated carbocycles. The minimum absolute atomic E-state index is 0.448. The summed E-state index contributed by atoms with van der Waals surface area (Å²) in [7, 11) is -3.44. The van der Waals surface area contributed by atoms with E-state index in [4.69, 9.17) is 4.52 Å². The third kappa shape index (κ3) is 4.10. The van der Waals surface area contributed by atoms with Gasteiger partial charge in [-0.25, -0.2) is 8.42 Å². The zero-order valence-electron chi connectivity index (χ0n) is 15.9. The lowest BCUT2D eigenvalue weighted by molar-refractivity contribution is 0.268. The van der Waals surface area contributed by atoms with Crippen LogP contribution >= 0.6 is 0 Å². The van der Waals surface area contributed by atoms with E-state index in [0.29, 0.717) is 31.1 Å². The number of aryl methyl sites for hydroxylation is 3. The Morgan fingerprint density at radius 3 is 2.59 bits per heavy atom. The van der Waals surface area contributed by atoms with Crippen molar-refractivity contribution in [3.05, 3.63) is 46.8 Å². The third-order valence-corrected chi connectivity index (χ3v) is 7.46. The first-order chi connectivity index (χ1) is 13.0. The van der Waals surface area contributed by atoms with Crippen molar-refractivity contribution in [2.45, 2.75) is 50.5 Å². The van der Waals surface area contributed by atoms with Crippen LogP contribution < -0.4 is 0 Å². The molecule has 1 fully saturated rings. The van der Waals surface area contributed by atoms with Gasteiger partial charge in [-0.2, -0.15) is 4.31 Å². The monoisotopic (exact) mass is 389 g/mol. The van der Waals surface area contributed by atoms with Gasteiger partial charge in [-0.05, 0) is 68.8 Å². The molecule has 0 radical (unpaired) electrons. The third-order valence-electron chi connectivity index (χ3n) is 5.57. The van der Waals surface area contributed by atoms with Crippen molar-refractivity contribution < 1.29 is 12.9 Å². The predicted octanol–water partition coefficient (Wildman–Crippen LogP) is 2.76. The Hall–Kier alpha value is -1.70. The molecule has 0 bridgehead atoms. The summed E-state index contributed by atoms with van der Waals surface area (Å²) in [5.41, 5.74) is 3.42. The smallest absolute Gasteiger partial charge is 0.243 e. The van der Waals surface area contributed by atoms with Gasteiger partial charge in [0, 0.05) is 32.2 Å². The van der Waals surface area contributed by atoms with Gasteiger partial charge < -0.3 is 4.52 Å². The van der Waals surface area contributed by atoms with Crippen molar-refractivity contribution in [3.8, 4) is 0 Å². The molecule has 0 atom stereocenters. The van der Waals surface area contributed by atoms with Gasteiger partial charge in [0.1, 0.15) is 5.76 Å². The van der Waals surface area contributed by atoms with E-state index in [1.54, 1.807) is 10.4 Å². The molecule has 1 aromatic carbocycles. The molecule has 1 saturated heterocycles. The van der Waals surface area contributed by atoms with Gasteiger partial charge >= 0.3 is 0 Å². The molecule has 0 spiro atoms. The van der Waals surface area contributed by atoms with Crippen molar-refractivity contribution >= 4 is 10.0 Å². The Morgan fingerprint density at radius 2 is 1.81 bits per heavy atom. The van der Waals surface area contributed by atoms with E-state index in [0.717, 1.165) is 43.7 Å². The van der Waals surface area contributed by atoms with Crippen molar-refractivity contribution in [3.63, 3.8) is 0 Å². The summed E-state index contributed by atoms with van der Waals surface area (Å²) in [6, 6.07) is 7.65. The molecule has 27 heavy (non-hydrogen) atoms. The van der Waals surface area contributed by atoms with Crippen molar-refractivity contribution in [2.24, 2.45) is 0 Å². The largest absolute Gasteiger partial charge is 0.361 e. The topological polar surface area (TPSA) is 66.7 Å². The van der Waals surface area contributed by atoms with Gasteiger partial charge in [0.05, 0.1) is 10.6 Å². The quantitative estimate of drug-likeness (QED) is 0.804. The Balaban J connectivity index is 1.46. The predicted molar refractivity (Wildman–Crippen MR) is 103 cm³/mol. The number of nitrogens with zero attached hydrogens (tertiary/aromatic N) is 3. The number of hydrogen-bond donors (Lipinski definition) is 0. The molecule has 1 aliphatic heterocycles. The lowest BCUT2D eigenvalue weighted by Gasteiger charge is -2.22. The Morgan fingerprint density at radius 1 is 1.00 bits per heavy atom. The molecule has 1 aromatic heterocycles. The summed E-state index contributed by atoms with van der Waals surface area (Å²) in [6.07, 6.45) is 5.23. The molecule has 0 unspecified atom stereocenters. The summed E-state index contributed by atoms with van der Waals surface area (Å²) in [5.74, 6) is 0.802. The highest BCUT2D eigenvalue weighted by Gasteiger charge is 2.28. The maximum absolute atomic E-state index is 13.2. The van der Waals surface area contributed by atoms with Gasteiger partial charge in [0.2, 0.25) is 10.0 Å². The van der Waals surface area contributed by atoms with E-state index in [2.05, 4.69) is 10.1 Å². The van der Waals surface area contributed by atoms with Crippen molar-refractivity contribution in [1.82, 2.24) is 14.4 Å². The van der Waals surface area contributed by atoms with Gasteiger partial charge in [0.15, 0.2) is 0 Å². The fourth-order valence-electron chi connectivity index (χ4n) is 4.09. The van der Waals surface area contributed by atoms with Gasteiger partial charge in [0.25, 0.3) is 0 Å². The Kier molecular flexibility index (Phi) is 5.34. The first kappa shape index (κ1) is 18.7. The molecule has 0 N–H and O–H groups in total. The van der Waals surface area contributed by atoms with Crippen LogP contribution in [0.5, 0.6) is 0 Å². The van der Waals surface area contributed by atoms with E-state index in [1.807, 2.05) is 25.1 Å². The van der Waals surface area contributed by atoms with Gasteiger partial charge in [-0.3, -0.25) is 4.90 Å². The van der Waals surface area contributed by atoms with Crippen molar-refractivity contribution in [1.29, 1.82) is 0 Å². The molecule has 146 valence electrons. The lowest BCUT2D eigenvalue weighted by atomic mass is 9.92. The number of benzene rings is 1. The second-order valence-electron chi connectivity index (χ2n) is 7.60. The molecule has 2 aromatic rings. The van der Waals surface area contributed by atoms with E-state index in [1.165, 1.54) is 17.5 Å². The first-order valence-electron chi connectivity index (χ1n) is 9.79. The summed E-state index contributed by atoms with van der Waals surface area (Å²) in [4.78, 5) is 2.70. The van der Waals surface area contributed by atoms with Crippen LogP contribution in [-0.4, -0.2) is 49.0 Å². The highest BCUT2D eigenvalue weighted by Crippen LogP contribution is 2.26. The summed E-state index contributed by atoms with van der Waals surface area (Å²) < 4.78 is 33.1. The zero-order chi connectivity index (χ0) is 18.9. The van der Waals surface area contributed by atoms with Crippen LogP contribution in [0.4, 0.5) is 0 Å². The molecule has 7 heteroatoms. The summed E-state index contributed by atoms with van der Waals surface area (Å²) in [5, 5.41) is 4.05. The Bertz CT molecular complexity index is 907. The molecule has 2 heterocycles. The minimum atomic E-state index is -3.44. The van der Waals surface area contributed by atoms with E-state index in [9.17, 15) is 8.42 Å². The highest BCUT2D eigenvalue weighted by molar-refractivity contribution is 7.89. The van der Waals surface area contributed by atoms with Crippen LogP contribution in [0.15, 0.2) is 33.7 Å². The average Bonchev–Trinajstić information content (AvgIpc) is 2.93. The second kappa shape index (κ2) is 7.73. The van der Waals surface area contributed by atoms with Crippen LogP contribution in [0.2, 0.25) is 0 Å². The lowest BCUT2D eigenvalue weighted by Crippen LogP contribution is -2.35. The highest BCUT2D eigenvalue weighted by atomic mass is 32.2. The maximum Gasteiger partial charge on any atom is 0.243 e. The fourth-order valence-corrected chi connectivity index (χ4v) is 5.61. The van der Waals surface area contributed by atoms with Gasteiger partial charge in [-0.1, -0.05) is 11.2 Å². The van der Waals surface area contributed by atoms with Crippen LogP contribution in [0.25, 0.3) is 0 Å². The van der Waals surface area contributed by atoms with Crippen LogP contribution in [-0.2, 0) is 29.4 Å². The number of rotatable bonds is 4. The van der Waals surface area contributed by atoms with E-state index < -0.39 is 10.0 Å². The zero-order valence-corrected chi connectivity index (χ0v) is 16.7. The molecular weight excluding hydrogens is 362 g/mol. The number of fused-ring (bicyclic) bond motifs is 1. The summed E-state index contributed by atoms with van der Waals surface area (Å²) >= 11 is 0. The summed E-state index contributed by atoms with van der Waals surface area (Å²) in [6.45, 7) is 5.22. The first-order valence-corrected chi connectivity index (χ1v) is 11.2. The standard InChI is InChI=1S/C20H27N3O3S/c1-16-13-19(21-26-16)15-22-9-4-10-23(12-11-22)27(24,25)20-8-7-17-5-2-3-6-18(17)14-20/h7-8,13-14H,2-6,9-12,15H2,1H3. The fraction of sp³-hybridized carbons (Fsp3) is 0.550. The second-order valence-corrected chi connectivity index (χ2v) is 9.54. The molecule has 0 amide bonds. The van der Waals surface area contributed by atoms with E-state index >= 15 is 0 Å². The molecule has 6 nitrogen and oxygen atoms in total. The van der Waals surface area contributed by atoms with Crippen LogP contribution in [0.3, 0.4) is 0 Å². The van der Waals surface area contributed by atoms with Gasteiger partial charge in [-0.15, -0.1) is 0 Å². The van der Waals surface area contributed by atoms with Crippen LogP contribution in [0.1, 0.15) is 41.8 Å². The minimum Gasteiger partial charge on any atom is -0.361 e. The number of sulfonamides is 1. The van der Waals surface area contributed by atoms with Crippen molar-refractivity contribution in [2.75, 3.05) is 26.2 Å². The average molecular weight is 390 g/mol.